The van der Waals surface area contributed by atoms with Crippen molar-refractivity contribution in [1.29, 1.82) is 0 Å². The number of pyridine rings is 1. The first-order valence-electron chi connectivity index (χ1n) is 7.29. The first-order chi connectivity index (χ1) is 9.20. The Balaban J connectivity index is 1.91. The lowest BCUT2D eigenvalue weighted by atomic mass is 9.97. The van der Waals surface area contributed by atoms with E-state index >= 15 is 0 Å². The van der Waals surface area contributed by atoms with Crippen LogP contribution in [0, 0.1) is 5.92 Å². The summed E-state index contributed by atoms with van der Waals surface area (Å²) in [4.78, 5) is 6.81. The third-order valence-corrected chi connectivity index (χ3v) is 3.75. The molecule has 2 unspecified atom stereocenters. The monoisotopic (exact) mass is 263 g/mol. The smallest absolute Gasteiger partial charge is 0.128 e. The molecule has 0 radical (unpaired) electrons. The number of nitrogens with zero attached hydrogens (tertiary/aromatic N) is 2. The van der Waals surface area contributed by atoms with Gasteiger partial charge < -0.3 is 15.3 Å². The van der Waals surface area contributed by atoms with Crippen LogP contribution in [0.5, 0.6) is 0 Å². The van der Waals surface area contributed by atoms with Crippen LogP contribution >= 0.6 is 0 Å². The highest BCUT2D eigenvalue weighted by Crippen LogP contribution is 2.21. The van der Waals surface area contributed by atoms with Crippen molar-refractivity contribution in [2.24, 2.45) is 5.92 Å². The molecule has 1 saturated heterocycles. The molecule has 4 heteroatoms. The quantitative estimate of drug-likeness (QED) is 0.795. The molecule has 1 fully saturated rings. The van der Waals surface area contributed by atoms with Gasteiger partial charge in [0.15, 0.2) is 0 Å². The minimum atomic E-state index is -0.159. The van der Waals surface area contributed by atoms with Crippen molar-refractivity contribution in [3.05, 3.63) is 23.9 Å². The number of aliphatic hydroxyl groups excluding tert-OH is 1. The van der Waals surface area contributed by atoms with E-state index in [1.165, 1.54) is 5.56 Å². The van der Waals surface area contributed by atoms with Gasteiger partial charge in [-0.05, 0) is 36.9 Å². The Hall–Kier alpha value is -1.13. The summed E-state index contributed by atoms with van der Waals surface area (Å²) in [5, 5.41) is 13.1. The molecule has 0 saturated carbocycles. The standard InChI is InChI=1S/C15H25N3O/c1-3-7-16-9-13-4-5-15(17-10-13)18-8-6-14(19)12(2)11-18/h4-5,10,12,14,16,19H,3,6-9,11H2,1-2H3. The maximum atomic E-state index is 9.75. The van der Waals surface area contributed by atoms with Crippen LogP contribution in [-0.4, -0.2) is 35.8 Å². The molecule has 19 heavy (non-hydrogen) atoms. The molecule has 1 aliphatic heterocycles. The van der Waals surface area contributed by atoms with E-state index < -0.39 is 0 Å². The van der Waals surface area contributed by atoms with Gasteiger partial charge in [0, 0.05) is 25.8 Å². The second kappa shape index (κ2) is 6.87. The molecule has 4 nitrogen and oxygen atoms in total. The Morgan fingerprint density at radius 2 is 2.32 bits per heavy atom. The highest BCUT2D eigenvalue weighted by atomic mass is 16.3. The number of aromatic nitrogens is 1. The van der Waals surface area contributed by atoms with E-state index in [2.05, 4.69) is 41.2 Å². The van der Waals surface area contributed by atoms with E-state index in [-0.39, 0.29) is 6.10 Å². The van der Waals surface area contributed by atoms with Crippen LogP contribution in [0.4, 0.5) is 5.82 Å². The van der Waals surface area contributed by atoms with Crippen molar-refractivity contribution >= 4 is 5.82 Å². The van der Waals surface area contributed by atoms with Crippen molar-refractivity contribution in [3.63, 3.8) is 0 Å². The molecular formula is C15H25N3O. The summed E-state index contributed by atoms with van der Waals surface area (Å²) < 4.78 is 0. The molecule has 106 valence electrons. The number of rotatable bonds is 5. The Bertz CT molecular complexity index is 379. The molecule has 0 bridgehead atoms. The SMILES string of the molecule is CCCNCc1ccc(N2CCC(O)C(C)C2)nc1. The lowest BCUT2D eigenvalue weighted by Crippen LogP contribution is -2.42. The van der Waals surface area contributed by atoms with Crippen molar-refractivity contribution < 1.29 is 5.11 Å². The van der Waals surface area contributed by atoms with Crippen LogP contribution in [0.15, 0.2) is 18.3 Å². The Kier molecular flexibility index (Phi) is 5.16. The summed E-state index contributed by atoms with van der Waals surface area (Å²) in [6.07, 6.45) is 3.78. The summed E-state index contributed by atoms with van der Waals surface area (Å²) in [6, 6.07) is 4.23. The fourth-order valence-corrected chi connectivity index (χ4v) is 2.46. The normalized spacial score (nSPS) is 23.6. The summed E-state index contributed by atoms with van der Waals surface area (Å²) in [7, 11) is 0. The molecule has 1 aliphatic rings. The summed E-state index contributed by atoms with van der Waals surface area (Å²) in [5.41, 5.74) is 1.22. The first-order valence-corrected chi connectivity index (χ1v) is 7.29. The Labute approximate surface area is 115 Å². The van der Waals surface area contributed by atoms with Crippen molar-refractivity contribution in [3.8, 4) is 0 Å². The van der Waals surface area contributed by atoms with Crippen LogP contribution in [0.25, 0.3) is 0 Å². The minimum absolute atomic E-state index is 0.159. The fourth-order valence-electron chi connectivity index (χ4n) is 2.46. The van der Waals surface area contributed by atoms with Gasteiger partial charge >= 0.3 is 0 Å². The molecule has 0 spiro atoms. The second-order valence-corrected chi connectivity index (χ2v) is 5.48. The number of anilines is 1. The van der Waals surface area contributed by atoms with Crippen LogP contribution in [0.1, 0.15) is 32.3 Å². The lowest BCUT2D eigenvalue weighted by Gasteiger charge is -2.35. The van der Waals surface area contributed by atoms with Crippen molar-refractivity contribution in [2.45, 2.75) is 39.3 Å². The molecule has 2 heterocycles. The van der Waals surface area contributed by atoms with Crippen molar-refractivity contribution in [2.75, 3.05) is 24.5 Å². The molecule has 0 aliphatic carbocycles. The third kappa shape index (κ3) is 3.91. The van der Waals surface area contributed by atoms with E-state index in [1.54, 1.807) is 0 Å². The van der Waals surface area contributed by atoms with E-state index in [9.17, 15) is 5.11 Å². The largest absolute Gasteiger partial charge is 0.393 e. The van der Waals surface area contributed by atoms with Gasteiger partial charge in [0.2, 0.25) is 0 Å². The van der Waals surface area contributed by atoms with Crippen LogP contribution in [-0.2, 0) is 6.54 Å². The molecule has 2 atom stereocenters. The first kappa shape index (κ1) is 14.3. The Morgan fingerprint density at radius 1 is 1.47 bits per heavy atom. The van der Waals surface area contributed by atoms with E-state index in [1.807, 2.05) is 6.20 Å². The molecule has 0 aromatic carbocycles. The fraction of sp³-hybridized carbons (Fsp3) is 0.667. The molecular weight excluding hydrogens is 238 g/mol. The summed E-state index contributed by atoms with van der Waals surface area (Å²) in [6.45, 7) is 7.98. The van der Waals surface area contributed by atoms with Crippen molar-refractivity contribution in [1.82, 2.24) is 10.3 Å². The van der Waals surface area contributed by atoms with Gasteiger partial charge in [-0.1, -0.05) is 19.9 Å². The van der Waals surface area contributed by atoms with Gasteiger partial charge in [0.1, 0.15) is 5.82 Å². The van der Waals surface area contributed by atoms with E-state index in [0.717, 1.165) is 44.8 Å². The average molecular weight is 263 g/mol. The maximum Gasteiger partial charge on any atom is 0.128 e. The van der Waals surface area contributed by atoms with Gasteiger partial charge in [-0.2, -0.15) is 0 Å². The van der Waals surface area contributed by atoms with Crippen LogP contribution < -0.4 is 10.2 Å². The summed E-state index contributed by atoms with van der Waals surface area (Å²) >= 11 is 0. The summed E-state index contributed by atoms with van der Waals surface area (Å²) in [5.74, 6) is 1.35. The molecule has 1 aromatic heterocycles. The lowest BCUT2D eigenvalue weighted by molar-refractivity contribution is 0.0969. The zero-order chi connectivity index (χ0) is 13.7. The second-order valence-electron chi connectivity index (χ2n) is 5.48. The van der Waals surface area contributed by atoms with E-state index in [4.69, 9.17) is 0 Å². The van der Waals surface area contributed by atoms with Gasteiger partial charge in [-0.15, -0.1) is 0 Å². The predicted molar refractivity (Wildman–Crippen MR) is 78.2 cm³/mol. The zero-order valence-electron chi connectivity index (χ0n) is 12.0. The number of nitrogens with one attached hydrogen (secondary N) is 1. The highest BCUT2D eigenvalue weighted by molar-refractivity contribution is 5.40. The van der Waals surface area contributed by atoms with Gasteiger partial charge in [-0.25, -0.2) is 4.98 Å². The van der Waals surface area contributed by atoms with Gasteiger partial charge in [-0.3, -0.25) is 0 Å². The maximum absolute atomic E-state index is 9.75. The topological polar surface area (TPSA) is 48.4 Å². The van der Waals surface area contributed by atoms with Gasteiger partial charge in [0.05, 0.1) is 6.10 Å². The van der Waals surface area contributed by atoms with Crippen LogP contribution in [0.3, 0.4) is 0 Å². The third-order valence-electron chi connectivity index (χ3n) is 3.75. The minimum Gasteiger partial charge on any atom is -0.393 e. The average Bonchev–Trinajstić information content (AvgIpc) is 2.43. The predicted octanol–water partition coefficient (Wildman–Crippen LogP) is 1.79. The number of hydrogen-bond donors (Lipinski definition) is 2. The molecule has 0 amide bonds. The van der Waals surface area contributed by atoms with Gasteiger partial charge in [0.25, 0.3) is 0 Å². The Morgan fingerprint density at radius 3 is 2.95 bits per heavy atom. The molecule has 2 rings (SSSR count). The number of aliphatic hydroxyl groups is 1. The molecule has 2 N–H and O–H groups in total. The zero-order valence-corrected chi connectivity index (χ0v) is 12.0. The molecule has 1 aromatic rings. The number of piperidine rings is 1. The highest BCUT2D eigenvalue weighted by Gasteiger charge is 2.24. The van der Waals surface area contributed by atoms with Crippen LogP contribution in [0.2, 0.25) is 0 Å². The number of hydrogen-bond acceptors (Lipinski definition) is 4. The van der Waals surface area contributed by atoms with E-state index in [0.29, 0.717) is 5.92 Å².